The molecule has 0 bridgehead atoms. The van der Waals surface area contributed by atoms with E-state index in [-0.39, 0.29) is 17.9 Å². The Morgan fingerprint density at radius 3 is 2.33 bits per heavy atom. The molecule has 2 aromatic rings. The largest absolute Gasteiger partial charge is 0.402 e. The van der Waals surface area contributed by atoms with E-state index in [1.807, 2.05) is 0 Å². The highest BCUT2D eigenvalue weighted by molar-refractivity contribution is 6.21. The minimum atomic E-state index is -4.40. The van der Waals surface area contributed by atoms with E-state index >= 15 is 0 Å². The van der Waals surface area contributed by atoms with Gasteiger partial charge in [0.15, 0.2) is 5.78 Å². The molecule has 2 N–H and O–H groups in total. The Kier molecular flexibility index (Phi) is 6.26. The van der Waals surface area contributed by atoms with Crippen LogP contribution >= 0.6 is 0 Å². The van der Waals surface area contributed by atoms with Crippen LogP contribution in [0.4, 0.5) is 13.2 Å². The quantitative estimate of drug-likeness (QED) is 0.752. The number of carbonyl (C=O) groups excluding carboxylic acids is 2. The molecular formula is C22H22F3N3O2. The van der Waals surface area contributed by atoms with E-state index < -0.39 is 24.7 Å². The molecule has 1 amide bonds. The molecular weight excluding hydrogens is 395 g/mol. The summed E-state index contributed by atoms with van der Waals surface area (Å²) in [5.41, 5.74) is 4.91. The van der Waals surface area contributed by atoms with Crippen molar-refractivity contribution in [3.05, 3.63) is 77.0 Å². The summed E-state index contributed by atoms with van der Waals surface area (Å²) in [5.74, 6) is -0.772. The molecule has 8 heteroatoms. The van der Waals surface area contributed by atoms with Crippen LogP contribution in [0, 0.1) is 0 Å². The Bertz CT molecular complexity index is 971. The predicted octanol–water partition coefficient (Wildman–Crippen LogP) is 3.75. The Morgan fingerprint density at radius 1 is 1.07 bits per heavy atom. The third-order valence-corrected chi connectivity index (χ3v) is 4.89. The zero-order valence-electron chi connectivity index (χ0n) is 16.6. The van der Waals surface area contributed by atoms with Crippen molar-refractivity contribution in [2.75, 3.05) is 6.54 Å². The average Bonchev–Trinajstić information content (AvgIpc) is 2.70. The first-order chi connectivity index (χ1) is 14.2. The molecule has 30 heavy (non-hydrogen) atoms. The summed E-state index contributed by atoms with van der Waals surface area (Å²) in [6.45, 7) is 1.93. The number of nitrogens with one attached hydrogen (secondary N) is 2. The van der Waals surface area contributed by atoms with Crippen molar-refractivity contribution in [3.63, 3.8) is 0 Å². The van der Waals surface area contributed by atoms with E-state index in [2.05, 4.69) is 10.7 Å². The van der Waals surface area contributed by atoms with Gasteiger partial charge in [0.2, 0.25) is 0 Å². The standard InChI is InChI=1S/C22H22F3N3O2/c1-14-19(21(30)27-20(15(2)29)16-8-4-3-5-9-16)18-11-7-6-10-17(18)12-28(14)26-13-22(23,24)25/h3-11,20,26H,12-13H2,1-2H3,(H,27,30)/t20-/m1/s1. The Morgan fingerprint density at radius 2 is 1.70 bits per heavy atom. The van der Waals surface area contributed by atoms with Crippen LogP contribution in [0.3, 0.4) is 0 Å². The van der Waals surface area contributed by atoms with Gasteiger partial charge in [-0.2, -0.15) is 13.2 Å². The molecule has 0 saturated heterocycles. The maximum Gasteiger partial charge on any atom is 0.402 e. The third-order valence-electron chi connectivity index (χ3n) is 4.89. The molecule has 1 aliphatic rings. The first-order valence-corrected chi connectivity index (χ1v) is 9.40. The molecule has 158 valence electrons. The van der Waals surface area contributed by atoms with E-state index in [0.29, 0.717) is 22.4 Å². The number of rotatable bonds is 6. The number of nitrogens with zero attached hydrogens (tertiary/aromatic N) is 1. The molecule has 0 spiro atoms. The lowest BCUT2D eigenvalue weighted by Crippen LogP contribution is -2.45. The molecule has 1 heterocycles. The minimum absolute atomic E-state index is 0.184. The summed E-state index contributed by atoms with van der Waals surface area (Å²) in [4.78, 5) is 25.4. The van der Waals surface area contributed by atoms with Gasteiger partial charge in [0.1, 0.15) is 12.6 Å². The van der Waals surface area contributed by atoms with Gasteiger partial charge < -0.3 is 10.3 Å². The lowest BCUT2D eigenvalue weighted by molar-refractivity contribution is -0.133. The summed E-state index contributed by atoms with van der Waals surface area (Å²) < 4.78 is 38.1. The SMILES string of the molecule is CC(=O)[C@@H](NC(=O)C1=C(C)N(NCC(F)(F)F)Cc2ccccc21)c1ccccc1. The zero-order valence-corrected chi connectivity index (χ0v) is 16.6. The second-order valence-corrected chi connectivity index (χ2v) is 7.08. The van der Waals surface area contributed by atoms with Crippen molar-refractivity contribution >= 4 is 17.3 Å². The van der Waals surface area contributed by atoms with Gasteiger partial charge in [0.05, 0.1) is 12.1 Å². The maximum absolute atomic E-state index is 13.2. The number of alkyl halides is 3. The second kappa shape index (κ2) is 8.71. The predicted molar refractivity (Wildman–Crippen MR) is 107 cm³/mol. The molecule has 0 saturated carbocycles. The molecule has 3 rings (SSSR count). The average molecular weight is 417 g/mol. The summed E-state index contributed by atoms with van der Waals surface area (Å²) in [7, 11) is 0. The summed E-state index contributed by atoms with van der Waals surface area (Å²) in [6.07, 6.45) is -4.40. The summed E-state index contributed by atoms with van der Waals surface area (Å²) in [5, 5.41) is 4.06. The van der Waals surface area contributed by atoms with Crippen LogP contribution in [0.25, 0.3) is 5.57 Å². The molecule has 1 atom stereocenters. The number of fused-ring (bicyclic) bond motifs is 1. The molecule has 5 nitrogen and oxygen atoms in total. The summed E-state index contributed by atoms with van der Waals surface area (Å²) >= 11 is 0. The van der Waals surface area contributed by atoms with Crippen LogP contribution in [0.1, 0.15) is 36.6 Å². The van der Waals surface area contributed by atoms with Gasteiger partial charge in [0, 0.05) is 5.70 Å². The van der Waals surface area contributed by atoms with E-state index in [1.165, 1.54) is 11.9 Å². The number of ketones is 1. The van der Waals surface area contributed by atoms with Gasteiger partial charge in [-0.15, -0.1) is 0 Å². The minimum Gasteiger partial charge on any atom is -0.338 e. The molecule has 0 radical (unpaired) electrons. The number of hydrogen-bond acceptors (Lipinski definition) is 4. The van der Waals surface area contributed by atoms with Gasteiger partial charge >= 0.3 is 6.18 Å². The molecule has 2 aromatic carbocycles. The Balaban J connectivity index is 1.95. The van der Waals surface area contributed by atoms with Gasteiger partial charge in [0.25, 0.3) is 5.91 Å². The first kappa shape index (κ1) is 21.6. The number of amides is 1. The Labute approximate surface area is 172 Å². The normalized spacial score (nSPS) is 14.9. The van der Waals surface area contributed by atoms with E-state index in [9.17, 15) is 22.8 Å². The van der Waals surface area contributed by atoms with Crippen LogP contribution in [0.15, 0.2) is 60.3 Å². The van der Waals surface area contributed by atoms with Crippen molar-refractivity contribution in [1.82, 2.24) is 15.8 Å². The lowest BCUT2D eigenvalue weighted by Gasteiger charge is -2.34. The van der Waals surface area contributed by atoms with E-state index in [0.717, 1.165) is 0 Å². The number of Topliss-reactive ketones (excluding diaryl/α,β-unsaturated/α-hetero) is 1. The number of allylic oxidation sites excluding steroid dienone is 1. The van der Waals surface area contributed by atoms with E-state index in [1.54, 1.807) is 61.5 Å². The molecule has 0 unspecified atom stereocenters. The topological polar surface area (TPSA) is 61.4 Å². The fourth-order valence-electron chi connectivity index (χ4n) is 3.44. The van der Waals surface area contributed by atoms with Crippen LogP contribution in [0.2, 0.25) is 0 Å². The number of hydrogen-bond donors (Lipinski definition) is 2. The van der Waals surface area contributed by atoms with Crippen molar-refractivity contribution in [2.45, 2.75) is 32.6 Å². The van der Waals surface area contributed by atoms with Crippen LogP contribution in [-0.2, 0) is 16.1 Å². The Hall–Kier alpha value is -3.13. The van der Waals surface area contributed by atoms with E-state index in [4.69, 9.17) is 0 Å². The fourth-order valence-corrected chi connectivity index (χ4v) is 3.44. The third kappa shape index (κ3) is 4.88. The monoisotopic (exact) mass is 417 g/mol. The van der Waals surface area contributed by atoms with Crippen LogP contribution in [0.5, 0.6) is 0 Å². The first-order valence-electron chi connectivity index (χ1n) is 9.40. The lowest BCUT2D eigenvalue weighted by atomic mass is 9.93. The van der Waals surface area contributed by atoms with Gasteiger partial charge in [-0.1, -0.05) is 54.6 Å². The highest BCUT2D eigenvalue weighted by Crippen LogP contribution is 2.31. The van der Waals surface area contributed by atoms with Crippen molar-refractivity contribution in [3.8, 4) is 0 Å². The van der Waals surface area contributed by atoms with Crippen molar-refractivity contribution < 1.29 is 22.8 Å². The molecule has 1 aliphatic heterocycles. The van der Waals surface area contributed by atoms with Crippen LogP contribution < -0.4 is 10.7 Å². The van der Waals surface area contributed by atoms with Crippen LogP contribution in [-0.4, -0.2) is 29.4 Å². The number of hydrazine groups is 1. The smallest absolute Gasteiger partial charge is 0.338 e. The van der Waals surface area contributed by atoms with Gasteiger partial charge in [-0.05, 0) is 30.5 Å². The zero-order chi connectivity index (χ0) is 21.9. The van der Waals surface area contributed by atoms with Gasteiger partial charge in [-0.3, -0.25) is 9.59 Å². The molecule has 0 aromatic heterocycles. The molecule has 0 fully saturated rings. The number of carbonyl (C=O) groups is 2. The second-order valence-electron chi connectivity index (χ2n) is 7.08. The number of benzene rings is 2. The highest BCUT2D eigenvalue weighted by Gasteiger charge is 2.32. The molecule has 0 aliphatic carbocycles. The number of halogens is 3. The van der Waals surface area contributed by atoms with Crippen molar-refractivity contribution in [2.24, 2.45) is 0 Å². The maximum atomic E-state index is 13.2. The van der Waals surface area contributed by atoms with Crippen molar-refractivity contribution in [1.29, 1.82) is 0 Å². The highest BCUT2D eigenvalue weighted by atomic mass is 19.4. The van der Waals surface area contributed by atoms with Gasteiger partial charge in [-0.25, -0.2) is 5.43 Å². The summed E-state index contributed by atoms with van der Waals surface area (Å²) in [6, 6.07) is 15.0. The fraction of sp³-hybridized carbons (Fsp3) is 0.273.